The standard InChI is InChI=1S/C12H17N3OS/c1-10-3-4-11(17-10)9-14-12-13-5-6-15(12)7-8-16-2/h3-6H,7-9H2,1-2H3,(H,13,14). The molecule has 2 rings (SSSR count). The van der Waals surface area contributed by atoms with Gasteiger partial charge in [0.15, 0.2) is 0 Å². The van der Waals surface area contributed by atoms with Crippen molar-refractivity contribution < 1.29 is 4.74 Å². The van der Waals surface area contributed by atoms with Crippen molar-refractivity contribution in [2.45, 2.75) is 20.0 Å². The first-order valence-corrected chi connectivity index (χ1v) is 6.40. The Balaban J connectivity index is 1.92. The van der Waals surface area contributed by atoms with E-state index in [-0.39, 0.29) is 0 Å². The van der Waals surface area contributed by atoms with E-state index in [9.17, 15) is 0 Å². The Morgan fingerprint density at radius 3 is 3.06 bits per heavy atom. The molecule has 0 unspecified atom stereocenters. The molecule has 0 radical (unpaired) electrons. The zero-order valence-corrected chi connectivity index (χ0v) is 11.0. The van der Waals surface area contributed by atoms with E-state index in [1.165, 1.54) is 9.75 Å². The van der Waals surface area contributed by atoms with Gasteiger partial charge >= 0.3 is 0 Å². The van der Waals surface area contributed by atoms with E-state index in [1.54, 1.807) is 13.3 Å². The van der Waals surface area contributed by atoms with Crippen LogP contribution in [0.2, 0.25) is 0 Å². The Labute approximate surface area is 105 Å². The number of imidazole rings is 1. The summed E-state index contributed by atoms with van der Waals surface area (Å²) in [6, 6.07) is 4.29. The van der Waals surface area contributed by atoms with Crippen molar-refractivity contribution in [1.82, 2.24) is 9.55 Å². The average molecular weight is 251 g/mol. The van der Waals surface area contributed by atoms with Crippen LogP contribution >= 0.6 is 11.3 Å². The molecule has 2 heterocycles. The quantitative estimate of drug-likeness (QED) is 0.857. The highest BCUT2D eigenvalue weighted by Crippen LogP contribution is 2.16. The van der Waals surface area contributed by atoms with Crippen molar-refractivity contribution in [3.05, 3.63) is 34.3 Å². The second-order valence-corrected chi connectivity index (χ2v) is 5.18. The number of aromatic nitrogens is 2. The molecule has 0 fully saturated rings. The summed E-state index contributed by atoms with van der Waals surface area (Å²) in [5.74, 6) is 0.896. The molecular formula is C12H17N3OS. The van der Waals surface area contributed by atoms with E-state index in [2.05, 4.69) is 33.9 Å². The first kappa shape index (κ1) is 12.1. The minimum absolute atomic E-state index is 0.698. The van der Waals surface area contributed by atoms with E-state index >= 15 is 0 Å². The Bertz CT molecular complexity index is 464. The Hall–Kier alpha value is -1.33. The summed E-state index contributed by atoms with van der Waals surface area (Å²) in [4.78, 5) is 6.95. The minimum atomic E-state index is 0.698. The fourth-order valence-corrected chi connectivity index (χ4v) is 2.42. The predicted molar refractivity (Wildman–Crippen MR) is 70.5 cm³/mol. The molecule has 0 saturated carbocycles. The maximum absolute atomic E-state index is 5.06. The van der Waals surface area contributed by atoms with Crippen molar-refractivity contribution in [1.29, 1.82) is 0 Å². The van der Waals surface area contributed by atoms with Crippen molar-refractivity contribution >= 4 is 17.3 Å². The van der Waals surface area contributed by atoms with Gasteiger partial charge in [0.1, 0.15) is 0 Å². The molecule has 17 heavy (non-hydrogen) atoms. The van der Waals surface area contributed by atoms with E-state index in [4.69, 9.17) is 4.74 Å². The highest BCUT2D eigenvalue weighted by molar-refractivity contribution is 7.11. The van der Waals surface area contributed by atoms with Crippen LogP contribution in [0.25, 0.3) is 0 Å². The molecule has 0 atom stereocenters. The molecule has 5 heteroatoms. The summed E-state index contributed by atoms with van der Waals surface area (Å²) in [5.41, 5.74) is 0. The number of nitrogens with one attached hydrogen (secondary N) is 1. The minimum Gasteiger partial charge on any atom is -0.383 e. The Morgan fingerprint density at radius 1 is 1.47 bits per heavy atom. The lowest BCUT2D eigenvalue weighted by Gasteiger charge is -2.08. The largest absolute Gasteiger partial charge is 0.383 e. The van der Waals surface area contributed by atoms with Crippen LogP contribution in [0, 0.1) is 6.92 Å². The number of anilines is 1. The molecule has 0 bridgehead atoms. The first-order valence-electron chi connectivity index (χ1n) is 5.59. The number of ether oxygens (including phenoxy) is 1. The molecule has 0 aliphatic rings. The van der Waals surface area contributed by atoms with E-state index in [0.717, 1.165) is 19.0 Å². The Morgan fingerprint density at radius 2 is 2.35 bits per heavy atom. The van der Waals surface area contributed by atoms with Gasteiger partial charge in [-0.3, -0.25) is 0 Å². The van der Waals surface area contributed by atoms with Crippen LogP contribution in [-0.2, 0) is 17.8 Å². The van der Waals surface area contributed by atoms with Gasteiger partial charge in [-0.1, -0.05) is 0 Å². The normalized spacial score (nSPS) is 10.7. The third kappa shape index (κ3) is 3.31. The molecule has 1 N–H and O–H groups in total. The van der Waals surface area contributed by atoms with Crippen LogP contribution in [0.5, 0.6) is 0 Å². The van der Waals surface area contributed by atoms with Gasteiger partial charge in [0.05, 0.1) is 13.2 Å². The van der Waals surface area contributed by atoms with Crippen LogP contribution in [0.3, 0.4) is 0 Å². The van der Waals surface area contributed by atoms with Gasteiger partial charge in [0.2, 0.25) is 5.95 Å². The van der Waals surface area contributed by atoms with Crippen LogP contribution in [0.4, 0.5) is 5.95 Å². The lowest BCUT2D eigenvalue weighted by molar-refractivity contribution is 0.187. The molecule has 0 aromatic carbocycles. The molecule has 0 aliphatic heterocycles. The Kier molecular flexibility index (Phi) is 4.17. The van der Waals surface area contributed by atoms with E-state index in [1.807, 2.05) is 17.5 Å². The van der Waals surface area contributed by atoms with Gasteiger partial charge in [0.25, 0.3) is 0 Å². The van der Waals surface area contributed by atoms with Crippen LogP contribution < -0.4 is 5.32 Å². The van der Waals surface area contributed by atoms with Crippen molar-refractivity contribution in [3.8, 4) is 0 Å². The molecule has 0 spiro atoms. The fourth-order valence-electron chi connectivity index (χ4n) is 1.59. The summed E-state index contributed by atoms with van der Waals surface area (Å²) in [7, 11) is 1.71. The number of rotatable bonds is 6. The van der Waals surface area contributed by atoms with Gasteiger partial charge < -0.3 is 14.6 Å². The highest BCUT2D eigenvalue weighted by Gasteiger charge is 2.02. The topological polar surface area (TPSA) is 39.1 Å². The number of aryl methyl sites for hydroxylation is 1. The number of nitrogens with zero attached hydrogens (tertiary/aromatic N) is 2. The monoisotopic (exact) mass is 251 g/mol. The fraction of sp³-hybridized carbons (Fsp3) is 0.417. The summed E-state index contributed by atoms with van der Waals surface area (Å²) in [6.07, 6.45) is 3.76. The third-order valence-electron chi connectivity index (χ3n) is 2.47. The zero-order valence-electron chi connectivity index (χ0n) is 10.1. The number of methoxy groups -OCH3 is 1. The van der Waals surface area contributed by atoms with Crippen LogP contribution in [-0.4, -0.2) is 23.3 Å². The van der Waals surface area contributed by atoms with Crippen molar-refractivity contribution in [2.75, 3.05) is 19.0 Å². The van der Waals surface area contributed by atoms with Gasteiger partial charge in [-0.25, -0.2) is 4.98 Å². The number of hydrogen-bond donors (Lipinski definition) is 1. The molecule has 2 aromatic rings. The average Bonchev–Trinajstić information content (AvgIpc) is 2.92. The maximum Gasteiger partial charge on any atom is 0.203 e. The SMILES string of the molecule is COCCn1ccnc1NCc1ccc(C)s1. The van der Waals surface area contributed by atoms with Gasteiger partial charge in [-0.2, -0.15) is 0 Å². The molecule has 0 aliphatic carbocycles. The van der Waals surface area contributed by atoms with Gasteiger partial charge in [-0.05, 0) is 19.1 Å². The number of hydrogen-bond acceptors (Lipinski definition) is 4. The predicted octanol–water partition coefficient (Wildman–Crippen LogP) is 2.51. The lowest BCUT2D eigenvalue weighted by Crippen LogP contribution is -2.09. The van der Waals surface area contributed by atoms with Crippen LogP contribution in [0.15, 0.2) is 24.5 Å². The molecule has 92 valence electrons. The van der Waals surface area contributed by atoms with E-state index < -0.39 is 0 Å². The third-order valence-corrected chi connectivity index (χ3v) is 3.47. The summed E-state index contributed by atoms with van der Waals surface area (Å²) in [6.45, 7) is 4.46. The van der Waals surface area contributed by atoms with Gasteiger partial charge in [0, 0.05) is 35.8 Å². The lowest BCUT2D eigenvalue weighted by atomic mass is 10.4. The molecule has 0 saturated heterocycles. The molecular weight excluding hydrogens is 234 g/mol. The first-order chi connectivity index (χ1) is 8.29. The summed E-state index contributed by atoms with van der Waals surface area (Å²) in [5, 5.41) is 3.34. The second-order valence-electron chi connectivity index (χ2n) is 3.80. The molecule has 2 aromatic heterocycles. The van der Waals surface area contributed by atoms with Gasteiger partial charge in [-0.15, -0.1) is 11.3 Å². The second kappa shape index (κ2) is 5.84. The van der Waals surface area contributed by atoms with Crippen LogP contribution in [0.1, 0.15) is 9.75 Å². The van der Waals surface area contributed by atoms with Crippen molar-refractivity contribution in [2.24, 2.45) is 0 Å². The smallest absolute Gasteiger partial charge is 0.203 e. The zero-order chi connectivity index (χ0) is 12.1. The van der Waals surface area contributed by atoms with E-state index in [0.29, 0.717) is 6.61 Å². The summed E-state index contributed by atoms with van der Waals surface area (Å²) < 4.78 is 7.12. The molecule has 4 nitrogen and oxygen atoms in total. The highest BCUT2D eigenvalue weighted by atomic mass is 32.1. The summed E-state index contributed by atoms with van der Waals surface area (Å²) >= 11 is 1.81. The van der Waals surface area contributed by atoms with Crippen molar-refractivity contribution in [3.63, 3.8) is 0 Å². The molecule has 0 amide bonds. The maximum atomic E-state index is 5.06. The number of thiophene rings is 1.